The topological polar surface area (TPSA) is 58.6 Å². The van der Waals surface area contributed by atoms with Crippen molar-refractivity contribution in [3.8, 4) is 11.5 Å². The van der Waals surface area contributed by atoms with Crippen molar-refractivity contribution in [2.24, 2.45) is 0 Å². The summed E-state index contributed by atoms with van der Waals surface area (Å²) in [7, 11) is 0. The van der Waals surface area contributed by atoms with Gasteiger partial charge >= 0.3 is 0 Å². The molecule has 0 spiro atoms. The Morgan fingerprint density at radius 2 is 1.29 bits per heavy atom. The molecule has 0 aliphatic carbocycles. The summed E-state index contributed by atoms with van der Waals surface area (Å²) < 4.78 is 5.85. The van der Waals surface area contributed by atoms with E-state index in [1.54, 1.807) is 24.3 Å². The molecule has 35 heavy (non-hydrogen) atoms. The molecule has 1 heterocycles. The minimum atomic E-state index is -0.395. The quantitative estimate of drug-likeness (QED) is 0.297. The fourth-order valence-electron chi connectivity index (χ4n) is 3.69. The van der Waals surface area contributed by atoms with Gasteiger partial charge in [0.2, 0.25) is 0 Å². The number of amides is 2. The molecule has 0 radical (unpaired) electrons. The molecule has 4 aromatic carbocycles. The molecule has 4 aromatic rings. The molecule has 0 saturated heterocycles. The van der Waals surface area contributed by atoms with Crippen LogP contribution in [0, 0.1) is 6.92 Å². The fraction of sp³-hybridized carbons (Fsp3) is 0.0345. The first kappa shape index (κ1) is 22.5. The zero-order chi connectivity index (χ0) is 24.2. The van der Waals surface area contributed by atoms with Crippen LogP contribution in [0.15, 0.2) is 125 Å². The number of hydrogen-bond acceptors (Lipinski definition) is 5. The largest absolute Gasteiger partial charge is 0.457 e. The normalized spacial score (nSPS) is 13.3. The number of anilines is 2. The Morgan fingerprint density at radius 1 is 0.686 bits per heavy atom. The van der Waals surface area contributed by atoms with Gasteiger partial charge in [0.05, 0.1) is 5.69 Å². The molecule has 5 nitrogen and oxygen atoms in total. The summed E-state index contributed by atoms with van der Waals surface area (Å²) in [6, 6.07) is 33.6. The van der Waals surface area contributed by atoms with Crippen LogP contribution in [0.4, 0.5) is 11.4 Å². The van der Waals surface area contributed by atoms with Gasteiger partial charge in [0, 0.05) is 10.6 Å². The lowest BCUT2D eigenvalue weighted by atomic mass is 10.2. The van der Waals surface area contributed by atoms with Crippen LogP contribution in [-0.4, -0.2) is 11.8 Å². The minimum absolute atomic E-state index is 0.266. The molecule has 172 valence electrons. The van der Waals surface area contributed by atoms with Gasteiger partial charge in [-0.3, -0.25) is 9.59 Å². The number of para-hydroxylation sites is 2. The van der Waals surface area contributed by atoms with E-state index in [1.807, 2.05) is 91.9 Å². The smallest absolute Gasteiger partial charge is 0.283 e. The number of hydrogen-bond donors (Lipinski definition) is 1. The molecule has 1 aliphatic rings. The first-order valence-electron chi connectivity index (χ1n) is 11.1. The molecule has 0 atom stereocenters. The van der Waals surface area contributed by atoms with Gasteiger partial charge in [-0.2, -0.15) is 0 Å². The summed E-state index contributed by atoms with van der Waals surface area (Å²) in [5.74, 6) is 0.565. The van der Waals surface area contributed by atoms with Gasteiger partial charge in [-0.05, 0) is 67.1 Å². The summed E-state index contributed by atoms with van der Waals surface area (Å²) in [5, 5.41) is 3.23. The highest BCUT2D eigenvalue weighted by Crippen LogP contribution is 2.38. The molecular weight excluding hydrogens is 456 g/mol. The number of ether oxygens (including phenoxy) is 1. The van der Waals surface area contributed by atoms with Crippen LogP contribution in [0.3, 0.4) is 0 Å². The SMILES string of the molecule is Cc1ccccc1NC1=C(Sc2ccccc2)C(=O)N(c2ccc(Oc3ccccc3)cc2)C1=O. The van der Waals surface area contributed by atoms with E-state index in [0.29, 0.717) is 22.1 Å². The predicted octanol–water partition coefficient (Wildman–Crippen LogP) is 6.78. The number of imide groups is 1. The van der Waals surface area contributed by atoms with E-state index < -0.39 is 5.91 Å². The number of aryl methyl sites for hydroxylation is 1. The van der Waals surface area contributed by atoms with Crippen LogP contribution in [0.25, 0.3) is 0 Å². The Kier molecular flexibility index (Phi) is 6.37. The standard InChI is InChI=1S/C29H22N2O3S/c1-20-10-8-9-15-25(20)30-26-27(35-24-13-6-3-7-14-24)29(33)31(28(26)32)21-16-18-23(19-17-21)34-22-11-4-2-5-12-22/h2-19,30H,1H3. The van der Waals surface area contributed by atoms with Crippen molar-refractivity contribution in [1.82, 2.24) is 0 Å². The van der Waals surface area contributed by atoms with Crippen LogP contribution in [-0.2, 0) is 9.59 Å². The van der Waals surface area contributed by atoms with E-state index in [-0.39, 0.29) is 11.6 Å². The number of nitrogens with one attached hydrogen (secondary N) is 1. The molecule has 5 rings (SSSR count). The van der Waals surface area contributed by atoms with E-state index >= 15 is 0 Å². The van der Waals surface area contributed by atoms with Crippen molar-refractivity contribution in [3.05, 3.63) is 125 Å². The number of benzene rings is 4. The lowest BCUT2D eigenvalue weighted by molar-refractivity contribution is -0.120. The molecule has 0 unspecified atom stereocenters. The maximum absolute atomic E-state index is 13.5. The molecule has 0 aromatic heterocycles. The van der Waals surface area contributed by atoms with Gasteiger partial charge in [-0.15, -0.1) is 0 Å². The average molecular weight is 479 g/mol. The van der Waals surface area contributed by atoms with Crippen molar-refractivity contribution in [2.45, 2.75) is 11.8 Å². The van der Waals surface area contributed by atoms with E-state index in [0.717, 1.165) is 16.1 Å². The van der Waals surface area contributed by atoms with Gasteiger partial charge in [-0.1, -0.05) is 66.4 Å². The zero-order valence-corrected chi connectivity index (χ0v) is 19.8. The van der Waals surface area contributed by atoms with Crippen LogP contribution >= 0.6 is 11.8 Å². The van der Waals surface area contributed by atoms with Crippen LogP contribution in [0.1, 0.15) is 5.56 Å². The van der Waals surface area contributed by atoms with Gasteiger partial charge in [0.25, 0.3) is 11.8 Å². The molecule has 2 amide bonds. The highest BCUT2D eigenvalue weighted by Gasteiger charge is 2.40. The van der Waals surface area contributed by atoms with Crippen LogP contribution in [0.2, 0.25) is 0 Å². The summed E-state index contributed by atoms with van der Waals surface area (Å²) in [5.41, 5.74) is 2.50. The first-order valence-corrected chi connectivity index (χ1v) is 11.9. The van der Waals surface area contributed by atoms with Crippen LogP contribution < -0.4 is 15.0 Å². The minimum Gasteiger partial charge on any atom is -0.457 e. The van der Waals surface area contributed by atoms with E-state index in [1.165, 1.54) is 16.7 Å². The molecule has 6 heteroatoms. The molecule has 0 fully saturated rings. The third kappa shape index (κ3) is 4.83. The number of rotatable bonds is 7. The van der Waals surface area contributed by atoms with Crippen molar-refractivity contribution in [1.29, 1.82) is 0 Å². The highest BCUT2D eigenvalue weighted by molar-refractivity contribution is 8.04. The van der Waals surface area contributed by atoms with Crippen molar-refractivity contribution < 1.29 is 14.3 Å². The van der Waals surface area contributed by atoms with E-state index in [4.69, 9.17) is 4.74 Å². The second-order valence-electron chi connectivity index (χ2n) is 7.91. The molecule has 1 aliphatic heterocycles. The Hall–Kier alpha value is -4.29. The average Bonchev–Trinajstić information content (AvgIpc) is 3.11. The Morgan fingerprint density at radius 3 is 1.97 bits per heavy atom. The van der Waals surface area contributed by atoms with E-state index in [9.17, 15) is 9.59 Å². The maximum atomic E-state index is 13.5. The van der Waals surface area contributed by atoms with E-state index in [2.05, 4.69) is 5.32 Å². The van der Waals surface area contributed by atoms with Crippen LogP contribution in [0.5, 0.6) is 11.5 Å². The number of carbonyl (C=O) groups excluding carboxylic acids is 2. The summed E-state index contributed by atoms with van der Waals surface area (Å²) >= 11 is 1.28. The summed E-state index contributed by atoms with van der Waals surface area (Å²) in [6.07, 6.45) is 0. The summed E-state index contributed by atoms with van der Waals surface area (Å²) in [4.78, 5) is 29.5. The second kappa shape index (κ2) is 9.91. The number of nitrogens with zero attached hydrogens (tertiary/aromatic N) is 1. The Balaban J connectivity index is 1.45. The Labute approximate surface area is 208 Å². The van der Waals surface area contributed by atoms with Gasteiger partial charge < -0.3 is 10.1 Å². The highest BCUT2D eigenvalue weighted by atomic mass is 32.2. The van der Waals surface area contributed by atoms with Crippen molar-refractivity contribution >= 4 is 35.0 Å². The number of thioether (sulfide) groups is 1. The fourth-order valence-corrected chi connectivity index (χ4v) is 4.64. The summed E-state index contributed by atoms with van der Waals surface area (Å²) in [6.45, 7) is 1.96. The van der Waals surface area contributed by atoms with Gasteiger partial charge in [0.15, 0.2) is 0 Å². The van der Waals surface area contributed by atoms with Crippen molar-refractivity contribution in [3.63, 3.8) is 0 Å². The lowest BCUT2D eigenvalue weighted by Crippen LogP contribution is -2.32. The van der Waals surface area contributed by atoms with Gasteiger partial charge in [-0.25, -0.2) is 4.90 Å². The lowest BCUT2D eigenvalue weighted by Gasteiger charge is -2.16. The van der Waals surface area contributed by atoms with Crippen molar-refractivity contribution in [2.75, 3.05) is 10.2 Å². The third-order valence-corrected chi connectivity index (χ3v) is 6.57. The predicted molar refractivity (Wildman–Crippen MR) is 140 cm³/mol. The monoisotopic (exact) mass is 478 g/mol. The third-order valence-electron chi connectivity index (χ3n) is 5.48. The molecule has 1 N–H and O–H groups in total. The van der Waals surface area contributed by atoms with Gasteiger partial charge in [0.1, 0.15) is 22.1 Å². The molecule has 0 saturated carbocycles. The molecular formula is C29H22N2O3S. The first-order chi connectivity index (χ1) is 17.1. The zero-order valence-electron chi connectivity index (χ0n) is 19.0. The second-order valence-corrected chi connectivity index (χ2v) is 9.00. The maximum Gasteiger partial charge on any atom is 0.283 e. The number of carbonyl (C=O) groups is 2. The Bertz CT molecular complexity index is 1400. The molecule has 0 bridgehead atoms.